The number of rotatable bonds is 3. The second kappa shape index (κ2) is 5.59. The molecule has 0 saturated carbocycles. The molecule has 0 aromatic carbocycles. The minimum atomic E-state index is 0.785. The van der Waals surface area contributed by atoms with Crippen LogP contribution in [-0.4, -0.2) is 32.8 Å². The highest BCUT2D eigenvalue weighted by Crippen LogP contribution is 2.10. The first-order valence-electron chi connectivity index (χ1n) is 3.45. The van der Waals surface area contributed by atoms with Gasteiger partial charge in [0.1, 0.15) is 0 Å². The number of hydrogen-bond acceptors (Lipinski definition) is 3. The Kier molecular flexibility index (Phi) is 5.12. The lowest BCUT2D eigenvalue weighted by Gasteiger charge is -2.33. The zero-order valence-corrected chi connectivity index (χ0v) is 11.2. The lowest BCUT2D eigenvalue weighted by molar-refractivity contribution is 0.0865. The Labute approximate surface area is 97.5 Å². The summed E-state index contributed by atoms with van der Waals surface area (Å²) in [5, 5.41) is 4.99. The Balaban J connectivity index is 2.57. The van der Waals surface area contributed by atoms with Crippen LogP contribution in [0.3, 0.4) is 0 Å². The van der Waals surface area contributed by atoms with Gasteiger partial charge in [0.15, 0.2) is 0 Å². The van der Waals surface area contributed by atoms with Crippen LogP contribution >= 0.6 is 47.8 Å². The van der Waals surface area contributed by atoms with Gasteiger partial charge in [-0.3, -0.25) is 5.01 Å². The molecular weight excluding hydrogens is 354 g/mol. The molecule has 6 heteroatoms. The quantitative estimate of drug-likeness (QED) is 0.611. The topological polar surface area (TPSA) is 18.5 Å². The first kappa shape index (κ1) is 11.0. The van der Waals surface area contributed by atoms with Crippen LogP contribution < -0.4 is 5.53 Å². The minimum Gasteiger partial charge on any atom is -0.291 e. The molecule has 1 heterocycles. The zero-order chi connectivity index (χ0) is 8.97. The number of nitrogens with zero attached hydrogens (tertiary/aromatic N) is 2. The molecule has 12 heavy (non-hydrogen) atoms. The molecule has 0 saturated heterocycles. The summed E-state index contributed by atoms with van der Waals surface area (Å²) in [7, 11) is 0. The zero-order valence-electron chi connectivity index (χ0n) is 6.43. The Bertz CT molecular complexity index is 173. The highest BCUT2D eigenvalue weighted by molar-refractivity contribution is 9.09. The number of hydrogen-bond donors (Lipinski definition) is 1. The molecule has 0 bridgehead atoms. The predicted molar refractivity (Wildman–Crippen MR) is 61.1 cm³/mol. The van der Waals surface area contributed by atoms with Crippen LogP contribution in [0.4, 0.5) is 0 Å². The molecular formula is C6H10Br3N3. The summed E-state index contributed by atoms with van der Waals surface area (Å²) in [6, 6.07) is 0. The fourth-order valence-corrected chi connectivity index (χ4v) is 1.83. The second-order valence-corrected chi connectivity index (χ2v) is 3.99. The van der Waals surface area contributed by atoms with Crippen molar-refractivity contribution in [2.75, 3.05) is 22.8 Å². The second-order valence-electron chi connectivity index (χ2n) is 2.43. The lowest BCUT2D eigenvalue weighted by atomic mass is 10.3. The average molecular weight is 364 g/mol. The molecule has 1 rings (SSSR count). The molecule has 70 valence electrons. The maximum atomic E-state index is 3.44. The summed E-state index contributed by atoms with van der Waals surface area (Å²) >= 11 is 10.2. The van der Waals surface area contributed by atoms with Crippen molar-refractivity contribution in [1.29, 1.82) is 0 Å². The van der Waals surface area contributed by atoms with Gasteiger partial charge >= 0.3 is 0 Å². The van der Waals surface area contributed by atoms with Crippen LogP contribution in [-0.2, 0) is 0 Å². The first-order chi connectivity index (χ1) is 5.80. The molecule has 0 atom stereocenters. The molecule has 0 unspecified atom stereocenters. The molecule has 1 aliphatic rings. The number of hydrazine groups is 2. The Morgan fingerprint density at radius 2 is 2.08 bits per heavy atom. The van der Waals surface area contributed by atoms with Crippen LogP contribution in [0.1, 0.15) is 0 Å². The van der Waals surface area contributed by atoms with Gasteiger partial charge in [-0.2, -0.15) is 5.53 Å². The third-order valence-electron chi connectivity index (χ3n) is 1.45. The van der Waals surface area contributed by atoms with Crippen molar-refractivity contribution in [2.45, 2.75) is 0 Å². The number of halogens is 3. The van der Waals surface area contributed by atoms with E-state index < -0.39 is 0 Å². The Morgan fingerprint density at radius 1 is 1.33 bits per heavy atom. The average Bonchev–Trinajstić information content (AvgIpc) is 2.16. The fourth-order valence-electron chi connectivity index (χ4n) is 0.959. The van der Waals surface area contributed by atoms with E-state index in [-0.39, 0.29) is 0 Å². The standard InChI is InChI=1S/C6H10Br3N3/c7-1-6-2-11(4-8)10-12(3-6)5-9/h2,10H,1,3-5H2. The molecule has 0 amide bonds. The Hall–Kier alpha value is 0.900. The molecule has 0 fully saturated rings. The third kappa shape index (κ3) is 2.99. The monoisotopic (exact) mass is 361 g/mol. The third-order valence-corrected chi connectivity index (χ3v) is 3.31. The number of alkyl halides is 3. The SMILES string of the molecule is BrCC1=CN(CBr)NN(CBr)C1. The lowest BCUT2D eigenvalue weighted by Crippen LogP contribution is -2.50. The molecule has 0 aromatic rings. The maximum absolute atomic E-state index is 3.44. The molecule has 3 nitrogen and oxygen atoms in total. The largest absolute Gasteiger partial charge is 0.291 e. The van der Waals surface area contributed by atoms with Crippen molar-refractivity contribution in [1.82, 2.24) is 15.6 Å². The maximum Gasteiger partial charge on any atom is 0.0902 e. The van der Waals surface area contributed by atoms with E-state index in [1.165, 1.54) is 5.57 Å². The minimum absolute atomic E-state index is 0.785. The fraction of sp³-hybridized carbons (Fsp3) is 0.667. The summed E-state index contributed by atoms with van der Waals surface area (Å²) in [5.74, 6) is 0. The molecule has 0 aliphatic carbocycles. The van der Waals surface area contributed by atoms with E-state index in [4.69, 9.17) is 0 Å². The smallest absolute Gasteiger partial charge is 0.0902 e. The predicted octanol–water partition coefficient (Wildman–Crippen LogP) is 2.01. The van der Waals surface area contributed by atoms with Crippen LogP contribution in [0.2, 0.25) is 0 Å². The Morgan fingerprint density at radius 3 is 2.58 bits per heavy atom. The van der Waals surface area contributed by atoms with Crippen LogP contribution in [0.25, 0.3) is 0 Å². The van der Waals surface area contributed by atoms with Crippen LogP contribution in [0.5, 0.6) is 0 Å². The molecule has 0 radical (unpaired) electrons. The van der Waals surface area contributed by atoms with Gasteiger partial charge in [-0.05, 0) is 5.57 Å². The van der Waals surface area contributed by atoms with Crippen LogP contribution in [0.15, 0.2) is 11.8 Å². The van der Waals surface area contributed by atoms with Gasteiger partial charge < -0.3 is 0 Å². The summed E-state index contributed by atoms with van der Waals surface area (Å²) < 4.78 is 0. The van der Waals surface area contributed by atoms with E-state index in [2.05, 4.69) is 64.5 Å². The van der Waals surface area contributed by atoms with Crippen LogP contribution in [0, 0.1) is 0 Å². The van der Waals surface area contributed by atoms with Gasteiger partial charge in [0.25, 0.3) is 0 Å². The van der Waals surface area contributed by atoms with Crippen molar-refractivity contribution >= 4 is 47.8 Å². The highest BCUT2D eigenvalue weighted by atomic mass is 79.9. The van der Waals surface area contributed by atoms with Crippen molar-refractivity contribution in [3.05, 3.63) is 11.8 Å². The van der Waals surface area contributed by atoms with E-state index in [1.807, 2.05) is 5.01 Å². The molecule has 1 aliphatic heterocycles. The van der Waals surface area contributed by atoms with Gasteiger partial charge in [0, 0.05) is 18.1 Å². The normalized spacial score (nSPS) is 19.6. The van der Waals surface area contributed by atoms with Crippen molar-refractivity contribution in [3.63, 3.8) is 0 Å². The van der Waals surface area contributed by atoms with Gasteiger partial charge in [0.05, 0.1) is 10.9 Å². The van der Waals surface area contributed by atoms with E-state index in [1.54, 1.807) is 0 Å². The summed E-state index contributed by atoms with van der Waals surface area (Å²) in [5.41, 5.74) is 6.15. The van der Waals surface area contributed by atoms with E-state index in [0.717, 1.165) is 22.8 Å². The number of nitrogens with one attached hydrogen (secondary N) is 1. The molecule has 0 spiro atoms. The first-order valence-corrected chi connectivity index (χ1v) is 6.82. The molecule has 1 N–H and O–H groups in total. The molecule has 0 aromatic heterocycles. The summed E-state index contributed by atoms with van der Waals surface area (Å²) in [6.45, 7) is 0.944. The van der Waals surface area contributed by atoms with Crippen molar-refractivity contribution < 1.29 is 0 Å². The highest BCUT2D eigenvalue weighted by Gasteiger charge is 2.14. The summed E-state index contributed by atoms with van der Waals surface area (Å²) in [4.78, 5) is 0. The van der Waals surface area contributed by atoms with Gasteiger partial charge in [0.2, 0.25) is 0 Å². The van der Waals surface area contributed by atoms with Gasteiger partial charge in [-0.25, -0.2) is 5.01 Å². The van der Waals surface area contributed by atoms with Gasteiger partial charge in [-0.1, -0.05) is 47.8 Å². The van der Waals surface area contributed by atoms with E-state index in [0.29, 0.717) is 0 Å². The van der Waals surface area contributed by atoms with E-state index >= 15 is 0 Å². The van der Waals surface area contributed by atoms with Crippen molar-refractivity contribution in [2.24, 2.45) is 0 Å². The van der Waals surface area contributed by atoms with E-state index in [9.17, 15) is 0 Å². The van der Waals surface area contributed by atoms with Crippen molar-refractivity contribution in [3.8, 4) is 0 Å². The summed E-state index contributed by atoms with van der Waals surface area (Å²) in [6.07, 6.45) is 2.10. The van der Waals surface area contributed by atoms with Gasteiger partial charge in [-0.15, -0.1) is 0 Å².